The lowest BCUT2D eigenvalue weighted by Gasteiger charge is -2.31. The quantitative estimate of drug-likeness (QED) is 0.139. The third-order valence-corrected chi connectivity index (χ3v) is 7.92. The molecule has 0 spiro atoms. The Kier molecular flexibility index (Phi) is 8.92. The Hall–Kier alpha value is -4.82. The van der Waals surface area contributed by atoms with Crippen LogP contribution >= 0.6 is 0 Å². The molecule has 2 aromatic heterocycles. The third-order valence-electron chi connectivity index (χ3n) is 7.92. The third kappa shape index (κ3) is 6.55. The van der Waals surface area contributed by atoms with Crippen molar-refractivity contribution in [3.8, 4) is 11.4 Å². The number of amides is 2. The van der Waals surface area contributed by atoms with Crippen LogP contribution in [0.3, 0.4) is 0 Å². The van der Waals surface area contributed by atoms with Crippen LogP contribution in [0.4, 0.5) is 10.1 Å². The first-order valence-electron chi connectivity index (χ1n) is 14.3. The van der Waals surface area contributed by atoms with Gasteiger partial charge in [0.1, 0.15) is 17.2 Å². The fourth-order valence-corrected chi connectivity index (χ4v) is 5.51. The zero-order valence-electron chi connectivity index (χ0n) is 23.7. The number of carbonyl (C=O) groups is 3. The maximum absolute atomic E-state index is 14.5. The number of pyridine rings is 1. The molecule has 0 radical (unpaired) electrons. The number of benzene rings is 2. The predicted octanol–water partition coefficient (Wildman–Crippen LogP) is 1.74. The van der Waals surface area contributed by atoms with Crippen LogP contribution in [-0.4, -0.2) is 84.8 Å². The second-order valence-corrected chi connectivity index (χ2v) is 11.0. The molecule has 0 aliphatic carbocycles. The van der Waals surface area contributed by atoms with Crippen LogP contribution in [0.2, 0.25) is 0 Å². The van der Waals surface area contributed by atoms with Gasteiger partial charge in [-0.3, -0.25) is 19.2 Å². The highest BCUT2D eigenvalue weighted by atomic mass is 19.1. The van der Waals surface area contributed by atoms with Crippen molar-refractivity contribution in [3.63, 3.8) is 0 Å². The van der Waals surface area contributed by atoms with Crippen LogP contribution in [0.5, 0.6) is 0 Å². The molecule has 2 atom stereocenters. The Morgan fingerprint density at radius 1 is 1.09 bits per heavy atom. The Morgan fingerprint density at radius 3 is 2.57 bits per heavy atom. The van der Waals surface area contributed by atoms with Crippen molar-refractivity contribution in [1.29, 1.82) is 0 Å². The van der Waals surface area contributed by atoms with Gasteiger partial charge in [0.25, 0.3) is 11.5 Å². The highest BCUT2D eigenvalue weighted by Crippen LogP contribution is 2.30. The molecule has 4 aromatic rings. The largest absolute Gasteiger partial charge is 0.481 e. The smallest absolute Gasteiger partial charge is 0.306 e. The van der Waals surface area contributed by atoms with Crippen LogP contribution < -0.4 is 16.6 Å². The predicted molar refractivity (Wildman–Crippen MR) is 159 cm³/mol. The molecule has 5 rings (SSSR count). The number of anilines is 1. The first-order valence-corrected chi connectivity index (χ1v) is 14.3. The number of H-pyrrole nitrogens is 2. The highest BCUT2D eigenvalue weighted by Gasteiger charge is 2.28. The van der Waals surface area contributed by atoms with Gasteiger partial charge in [0, 0.05) is 25.2 Å². The number of nitrogen functional groups attached to an aromatic ring is 1. The molecule has 2 amide bonds. The van der Waals surface area contributed by atoms with E-state index >= 15 is 0 Å². The number of aliphatic hydroxyl groups excluding tert-OH is 2. The van der Waals surface area contributed by atoms with Gasteiger partial charge in [0.05, 0.1) is 52.2 Å². The van der Waals surface area contributed by atoms with Crippen LogP contribution in [0, 0.1) is 11.7 Å². The Labute approximate surface area is 249 Å². The number of likely N-dealkylation sites (tertiary alicyclic amines) is 1. The molecule has 0 bridgehead atoms. The minimum absolute atomic E-state index is 0.0227. The standard InChI is InChI=1S/C30H33FN6O7/c31-19-2-1-3-21-24(19)26(32)25(29(42)36-21)27-34-20-5-4-16(12-22(20)35-27)28(41)33-9-6-17(38)13-18(39)14-23(40)37-10-7-15(8-11-37)30(43)44/h1-5,12,15,17-18,38-39H,6-11,13-14H2,(H,33,41)(H,34,35)(H,43,44)(H3,32,36,42)/t17-,18-/m1/s1. The Bertz CT molecular complexity index is 1780. The summed E-state index contributed by atoms with van der Waals surface area (Å²) in [5, 5.41) is 32.5. The van der Waals surface area contributed by atoms with Crippen molar-refractivity contribution in [2.45, 2.75) is 44.3 Å². The number of hydrogen-bond donors (Lipinski definition) is 7. The first-order chi connectivity index (χ1) is 21.0. The molecule has 1 aliphatic heterocycles. The summed E-state index contributed by atoms with van der Waals surface area (Å²) >= 11 is 0. The summed E-state index contributed by atoms with van der Waals surface area (Å²) in [6.07, 6.45) is -1.41. The number of hydrogen-bond acceptors (Lipinski definition) is 8. The van der Waals surface area contributed by atoms with Gasteiger partial charge in [-0.2, -0.15) is 0 Å². The molecule has 44 heavy (non-hydrogen) atoms. The number of nitrogens with zero attached hydrogens (tertiary/aromatic N) is 2. The Morgan fingerprint density at radius 2 is 1.84 bits per heavy atom. The topological polar surface area (TPSA) is 215 Å². The van der Waals surface area contributed by atoms with Crippen LogP contribution in [0.15, 0.2) is 41.2 Å². The van der Waals surface area contributed by atoms with Crippen molar-refractivity contribution in [3.05, 3.63) is 58.1 Å². The number of carbonyl (C=O) groups excluding carboxylic acids is 2. The number of aliphatic carboxylic acids is 1. The molecule has 1 saturated heterocycles. The number of carboxylic acid groups (broad SMARTS) is 1. The van der Waals surface area contributed by atoms with Crippen LogP contribution in [0.25, 0.3) is 33.3 Å². The number of piperidine rings is 1. The van der Waals surface area contributed by atoms with Gasteiger partial charge in [-0.15, -0.1) is 0 Å². The van der Waals surface area contributed by atoms with Crippen LogP contribution in [0.1, 0.15) is 42.5 Å². The molecule has 2 aromatic carbocycles. The molecular weight excluding hydrogens is 575 g/mol. The number of halogens is 1. The average molecular weight is 609 g/mol. The maximum Gasteiger partial charge on any atom is 0.306 e. The number of aliphatic hydroxyl groups is 2. The summed E-state index contributed by atoms with van der Waals surface area (Å²) in [5.74, 6) is -2.53. The lowest BCUT2D eigenvalue weighted by molar-refractivity contribution is -0.146. The van der Waals surface area contributed by atoms with E-state index in [-0.39, 0.29) is 65.3 Å². The van der Waals surface area contributed by atoms with Crippen molar-refractivity contribution in [1.82, 2.24) is 25.2 Å². The van der Waals surface area contributed by atoms with E-state index in [2.05, 4.69) is 20.3 Å². The maximum atomic E-state index is 14.5. The number of carboxylic acids is 1. The Balaban J connectivity index is 1.14. The SMILES string of the molecule is Nc1c(-c2nc3ccc(C(=O)NCC[C@@H](O)C[C@@H](O)CC(=O)N4CCC(C(=O)O)CC4)cc3[nH]2)c(=O)[nH]c2cccc(F)c12. The van der Waals surface area contributed by atoms with Gasteiger partial charge < -0.3 is 41.2 Å². The van der Waals surface area contributed by atoms with Crippen molar-refractivity contribution in [2.24, 2.45) is 5.92 Å². The van der Waals surface area contributed by atoms with Crippen LogP contribution in [-0.2, 0) is 9.59 Å². The number of fused-ring (bicyclic) bond motifs is 2. The van der Waals surface area contributed by atoms with Crippen molar-refractivity contribution >= 4 is 45.4 Å². The first kappa shape index (κ1) is 30.6. The van der Waals surface area contributed by atoms with Gasteiger partial charge in [-0.25, -0.2) is 9.37 Å². The van der Waals surface area contributed by atoms with E-state index < -0.39 is 41.4 Å². The number of nitrogens with one attached hydrogen (secondary N) is 3. The summed E-state index contributed by atoms with van der Waals surface area (Å²) in [5.41, 5.74) is 6.98. The van der Waals surface area contributed by atoms with Gasteiger partial charge in [0.15, 0.2) is 0 Å². The second-order valence-electron chi connectivity index (χ2n) is 11.0. The van der Waals surface area contributed by atoms with E-state index in [1.807, 2.05) is 0 Å². The van der Waals surface area contributed by atoms with E-state index in [4.69, 9.17) is 10.8 Å². The molecule has 1 fully saturated rings. The fraction of sp³-hybridized carbons (Fsp3) is 0.367. The van der Waals surface area contributed by atoms with E-state index in [9.17, 15) is 33.8 Å². The van der Waals surface area contributed by atoms with Crippen molar-refractivity contribution < 1.29 is 34.1 Å². The summed E-state index contributed by atoms with van der Waals surface area (Å²) in [6.45, 7) is 0.737. The molecule has 3 heterocycles. The number of nitrogens with two attached hydrogens (primary N) is 1. The minimum Gasteiger partial charge on any atom is -0.481 e. The normalized spacial score (nSPS) is 15.4. The summed E-state index contributed by atoms with van der Waals surface area (Å²) in [6, 6.07) is 8.92. The van der Waals surface area contributed by atoms with E-state index in [0.29, 0.717) is 37.0 Å². The van der Waals surface area contributed by atoms with E-state index in [1.54, 1.807) is 18.2 Å². The lowest BCUT2D eigenvalue weighted by atomic mass is 9.96. The number of aromatic amines is 2. The molecule has 232 valence electrons. The zero-order valence-corrected chi connectivity index (χ0v) is 23.7. The van der Waals surface area contributed by atoms with Crippen molar-refractivity contribution in [2.75, 3.05) is 25.4 Å². The molecule has 0 saturated carbocycles. The number of rotatable bonds is 10. The van der Waals surface area contributed by atoms with Gasteiger partial charge in [0.2, 0.25) is 5.91 Å². The summed E-state index contributed by atoms with van der Waals surface area (Å²) in [4.78, 5) is 60.6. The minimum atomic E-state index is -1.08. The average Bonchev–Trinajstić information content (AvgIpc) is 3.39. The molecule has 8 N–H and O–H groups in total. The summed E-state index contributed by atoms with van der Waals surface area (Å²) < 4.78 is 14.5. The molecule has 13 nitrogen and oxygen atoms in total. The monoisotopic (exact) mass is 608 g/mol. The fourth-order valence-electron chi connectivity index (χ4n) is 5.51. The molecule has 14 heteroatoms. The van der Waals surface area contributed by atoms with Gasteiger partial charge in [-0.1, -0.05) is 6.07 Å². The number of aromatic nitrogens is 3. The molecule has 1 aliphatic rings. The molecule has 0 unspecified atom stereocenters. The highest BCUT2D eigenvalue weighted by molar-refractivity contribution is 6.00. The lowest BCUT2D eigenvalue weighted by Crippen LogP contribution is -2.41. The van der Waals surface area contributed by atoms with Gasteiger partial charge >= 0.3 is 5.97 Å². The zero-order chi connectivity index (χ0) is 31.5. The summed E-state index contributed by atoms with van der Waals surface area (Å²) in [7, 11) is 0. The number of imidazole rings is 1. The molecular formula is C30H33FN6O7. The van der Waals surface area contributed by atoms with Gasteiger partial charge in [-0.05, 0) is 56.0 Å². The van der Waals surface area contributed by atoms with E-state index in [0.717, 1.165) is 0 Å². The second kappa shape index (κ2) is 12.8. The van der Waals surface area contributed by atoms with E-state index in [1.165, 1.54) is 23.1 Å².